The average molecular weight is 338 g/mol. The van der Waals surface area contributed by atoms with E-state index in [2.05, 4.69) is 63.4 Å². The summed E-state index contributed by atoms with van der Waals surface area (Å²) in [5, 5.41) is 3.45. The first kappa shape index (κ1) is 17.9. The first-order chi connectivity index (χ1) is 12.3. The third-order valence-corrected chi connectivity index (χ3v) is 4.96. The van der Waals surface area contributed by atoms with Gasteiger partial charge in [-0.2, -0.15) is 0 Å². The molecule has 0 amide bonds. The number of nitrogens with one attached hydrogen (secondary N) is 1. The lowest BCUT2D eigenvalue weighted by Crippen LogP contribution is -2.31. The van der Waals surface area contributed by atoms with Crippen LogP contribution in [0.2, 0.25) is 0 Å². The van der Waals surface area contributed by atoms with E-state index in [-0.39, 0.29) is 0 Å². The lowest BCUT2D eigenvalue weighted by atomic mass is 10.1. The van der Waals surface area contributed by atoms with Crippen LogP contribution in [0.3, 0.4) is 0 Å². The minimum atomic E-state index is 0.965. The van der Waals surface area contributed by atoms with Gasteiger partial charge in [-0.05, 0) is 56.7 Å². The van der Waals surface area contributed by atoms with Crippen LogP contribution in [0.25, 0.3) is 11.1 Å². The van der Waals surface area contributed by atoms with Gasteiger partial charge in [0.25, 0.3) is 0 Å². The van der Waals surface area contributed by atoms with Gasteiger partial charge in [0.15, 0.2) is 0 Å². The highest BCUT2D eigenvalue weighted by Gasteiger charge is 2.12. The first-order valence-corrected chi connectivity index (χ1v) is 9.55. The SMILES string of the molecule is CCN1CCCN(CCCNc2ccc(-c3ccccc3)cn2)CC1. The minimum absolute atomic E-state index is 0.965. The highest BCUT2D eigenvalue weighted by molar-refractivity contribution is 5.63. The van der Waals surface area contributed by atoms with Crippen molar-refractivity contribution in [2.24, 2.45) is 0 Å². The van der Waals surface area contributed by atoms with Crippen LogP contribution in [-0.4, -0.2) is 60.6 Å². The Morgan fingerprint density at radius 1 is 0.920 bits per heavy atom. The van der Waals surface area contributed by atoms with E-state index in [1.165, 1.54) is 51.3 Å². The van der Waals surface area contributed by atoms with Crippen molar-refractivity contribution < 1.29 is 0 Å². The fourth-order valence-corrected chi connectivity index (χ4v) is 3.38. The molecule has 0 atom stereocenters. The number of hydrogen-bond acceptors (Lipinski definition) is 4. The van der Waals surface area contributed by atoms with Gasteiger partial charge in [0.2, 0.25) is 0 Å². The highest BCUT2D eigenvalue weighted by Crippen LogP contribution is 2.18. The second kappa shape index (κ2) is 9.54. The maximum atomic E-state index is 4.54. The maximum absolute atomic E-state index is 4.54. The molecule has 4 heteroatoms. The molecule has 1 aliphatic rings. The van der Waals surface area contributed by atoms with E-state index in [0.29, 0.717) is 0 Å². The molecule has 25 heavy (non-hydrogen) atoms. The molecular weight excluding hydrogens is 308 g/mol. The maximum Gasteiger partial charge on any atom is 0.125 e. The summed E-state index contributed by atoms with van der Waals surface area (Å²) in [5.74, 6) is 0.965. The number of benzene rings is 1. The van der Waals surface area contributed by atoms with Crippen molar-refractivity contribution in [1.82, 2.24) is 14.8 Å². The van der Waals surface area contributed by atoms with Gasteiger partial charge in [0.1, 0.15) is 5.82 Å². The third-order valence-electron chi connectivity index (χ3n) is 4.96. The van der Waals surface area contributed by atoms with Gasteiger partial charge >= 0.3 is 0 Å². The van der Waals surface area contributed by atoms with Gasteiger partial charge < -0.3 is 15.1 Å². The van der Waals surface area contributed by atoms with Crippen LogP contribution in [-0.2, 0) is 0 Å². The summed E-state index contributed by atoms with van der Waals surface area (Å²) in [6, 6.07) is 14.6. The molecule has 0 bridgehead atoms. The lowest BCUT2D eigenvalue weighted by molar-refractivity contribution is 0.262. The molecule has 0 unspecified atom stereocenters. The third kappa shape index (κ3) is 5.55. The quantitative estimate of drug-likeness (QED) is 0.782. The van der Waals surface area contributed by atoms with Crippen molar-refractivity contribution in [2.75, 3.05) is 51.1 Å². The van der Waals surface area contributed by atoms with Crippen molar-refractivity contribution in [3.05, 3.63) is 48.7 Å². The molecule has 2 aromatic rings. The molecule has 0 aliphatic carbocycles. The zero-order valence-electron chi connectivity index (χ0n) is 15.3. The largest absolute Gasteiger partial charge is 0.370 e. The van der Waals surface area contributed by atoms with Gasteiger partial charge in [0, 0.05) is 31.4 Å². The summed E-state index contributed by atoms with van der Waals surface area (Å²) in [7, 11) is 0. The van der Waals surface area contributed by atoms with E-state index in [1.54, 1.807) is 0 Å². The number of anilines is 1. The molecule has 1 aromatic heterocycles. The Labute approximate surface area is 151 Å². The Balaban J connectivity index is 1.39. The molecule has 0 radical (unpaired) electrons. The molecule has 3 rings (SSSR count). The van der Waals surface area contributed by atoms with Crippen molar-refractivity contribution in [3.8, 4) is 11.1 Å². The summed E-state index contributed by atoms with van der Waals surface area (Å²) in [5.41, 5.74) is 2.38. The van der Waals surface area contributed by atoms with Crippen molar-refractivity contribution >= 4 is 5.82 Å². The van der Waals surface area contributed by atoms with E-state index in [4.69, 9.17) is 0 Å². The Kier molecular flexibility index (Phi) is 6.83. The fraction of sp³-hybridized carbons (Fsp3) is 0.476. The van der Waals surface area contributed by atoms with E-state index in [1.807, 2.05) is 12.3 Å². The molecule has 0 saturated carbocycles. The van der Waals surface area contributed by atoms with Crippen LogP contribution >= 0.6 is 0 Å². The predicted octanol–water partition coefficient (Wildman–Crippen LogP) is 3.58. The monoisotopic (exact) mass is 338 g/mol. The van der Waals surface area contributed by atoms with Crippen molar-refractivity contribution in [2.45, 2.75) is 19.8 Å². The van der Waals surface area contributed by atoms with Crippen LogP contribution in [0.15, 0.2) is 48.7 Å². The van der Waals surface area contributed by atoms with Gasteiger partial charge in [-0.25, -0.2) is 4.98 Å². The Hall–Kier alpha value is -1.91. The molecule has 1 saturated heterocycles. The van der Waals surface area contributed by atoms with Crippen LogP contribution in [0.5, 0.6) is 0 Å². The smallest absolute Gasteiger partial charge is 0.125 e. The normalized spacial score (nSPS) is 16.5. The number of aromatic nitrogens is 1. The number of pyridine rings is 1. The lowest BCUT2D eigenvalue weighted by Gasteiger charge is -2.20. The zero-order valence-corrected chi connectivity index (χ0v) is 15.3. The van der Waals surface area contributed by atoms with Crippen molar-refractivity contribution in [1.29, 1.82) is 0 Å². The molecule has 2 heterocycles. The zero-order chi connectivity index (χ0) is 17.3. The van der Waals surface area contributed by atoms with Crippen LogP contribution in [0.1, 0.15) is 19.8 Å². The highest BCUT2D eigenvalue weighted by atomic mass is 15.2. The molecular formula is C21H30N4. The summed E-state index contributed by atoms with van der Waals surface area (Å²) in [6.45, 7) is 10.5. The Morgan fingerprint density at radius 3 is 2.48 bits per heavy atom. The number of rotatable bonds is 7. The van der Waals surface area contributed by atoms with Gasteiger partial charge in [-0.3, -0.25) is 0 Å². The van der Waals surface area contributed by atoms with E-state index in [0.717, 1.165) is 24.3 Å². The topological polar surface area (TPSA) is 31.4 Å². The first-order valence-electron chi connectivity index (χ1n) is 9.55. The summed E-state index contributed by atoms with van der Waals surface area (Å²) < 4.78 is 0. The van der Waals surface area contributed by atoms with Crippen LogP contribution < -0.4 is 5.32 Å². The molecule has 1 aliphatic heterocycles. The Bertz CT molecular complexity index is 612. The molecule has 1 aromatic carbocycles. The van der Waals surface area contributed by atoms with Gasteiger partial charge in [0.05, 0.1) is 0 Å². The van der Waals surface area contributed by atoms with Gasteiger partial charge in [-0.1, -0.05) is 37.3 Å². The summed E-state index contributed by atoms with van der Waals surface area (Å²) in [6.07, 6.45) is 4.41. The van der Waals surface area contributed by atoms with E-state index in [9.17, 15) is 0 Å². The number of nitrogens with zero attached hydrogens (tertiary/aromatic N) is 3. The second-order valence-corrected chi connectivity index (χ2v) is 6.71. The predicted molar refractivity (Wildman–Crippen MR) is 106 cm³/mol. The number of hydrogen-bond donors (Lipinski definition) is 1. The van der Waals surface area contributed by atoms with Gasteiger partial charge in [-0.15, -0.1) is 0 Å². The summed E-state index contributed by atoms with van der Waals surface area (Å²) >= 11 is 0. The van der Waals surface area contributed by atoms with Crippen molar-refractivity contribution in [3.63, 3.8) is 0 Å². The van der Waals surface area contributed by atoms with Crippen LogP contribution in [0, 0.1) is 0 Å². The fourth-order valence-electron chi connectivity index (χ4n) is 3.38. The molecule has 4 nitrogen and oxygen atoms in total. The average Bonchev–Trinajstić information content (AvgIpc) is 2.92. The molecule has 0 spiro atoms. The minimum Gasteiger partial charge on any atom is -0.370 e. The van der Waals surface area contributed by atoms with E-state index < -0.39 is 0 Å². The molecule has 1 fully saturated rings. The summed E-state index contributed by atoms with van der Waals surface area (Å²) in [4.78, 5) is 9.70. The molecule has 1 N–H and O–H groups in total. The van der Waals surface area contributed by atoms with Crippen LogP contribution in [0.4, 0.5) is 5.82 Å². The van der Waals surface area contributed by atoms with E-state index >= 15 is 0 Å². The standard InChI is InChI=1S/C21H30N4/c1-2-24-14-7-15-25(17-16-24)13-6-12-22-21-11-10-20(18-23-21)19-8-4-3-5-9-19/h3-5,8-11,18H,2,6-7,12-17H2,1H3,(H,22,23). The number of likely N-dealkylation sites (N-methyl/N-ethyl adjacent to an activating group) is 1. The second-order valence-electron chi connectivity index (χ2n) is 6.71. The molecule has 134 valence electrons. The Morgan fingerprint density at radius 2 is 1.72 bits per heavy atom.